The van der Waals surface area contributed by atoms with Gasteiger partial charge in [-0.1, -0.05) is 26.8 Å². The second-order valence-electron chi connectivity index (χ2n) is 6.43. The van der Waals surface area contributed by atoms with Crippen LogP contribution in [0.2, 0.25) is 0 Å². The Hall–Kier alpha value is -1.91. The quantitative estimate of drug-likeness (QED) is 0.926. The molecule has 0 heterocycles. The first-order valence-corrected chi connectivity index (χ1v) is 6.96. The molecule has 1 N–H and O–H groups in total. The SMILES string of the molecule is CC1(C(=O)[O-])CCC(C(=O)Nc2cccc(F)c2)C1(C)C. The fourth-order valence-electron chi connectivity index (χ4n) is 3.12. The summed E-state index contributed by atoms with van der Waals surface area (Å²) in [5, 5.41) is 14.1. The van der Waals surface area contributed by atoms with Crippen LogP contribution in [-0.4, -0.2) is 11.9 Å². The lowest BCUT2D eigenvalue weighted by atomic mass is 9.65. The summed E-state index contributed by atoms with van der Waals surface area (Å²) in [6, 6.07) is 5.64. The van der Waals surface area contributed by atoms with E-state index in [1.807, 2.05) is 0 Å². The topological polar surface area (TPSA) is 69.2 Å². The minimum absolute atomic E-state index is 0.282. The Morgan fingerprint density at radius 2 is 2.00 bits per heavy atom. The molecule has 0 saturated heterocycles. The molecule has 0 aliphatic heterocycles. The van der Waals surface area contributed by atoms with Gasteiger partial charge in [-0.2, -0.15) is 0 Å². The maximum atomic E-state index is 13.1. The van der Waals surface area contributed by atoms with Crippen LogP contribution in [-0.2, 0) is 9.59 Å². The van der Waals surface area contributed by atoms with Gasteiger partial charge >= 0.3 is 0 Å². The number of hydrogen-bond acceptors (Lipinski definition) is 3. The van der Waals surface area contributed by atoms with Crippen LogP contribution >= 0.6 is 0 Å². The molecule has 1 aromatic rings. The predicted molar refractivity (Wildman–Crippen MR) is 74.6 cm³/mol. The van der Waals surface area contributed by atoms with E-state index < -0.39 is 28.5 Å². The van der Waals surface area contributed by atoms with Crippen molar-refractivity contribution in [2.75, 3.05) is 5.32 Å². The van der Waals surface area contributed by atoms with Gasteiger partial charge in [-0.05, 0) is 36.5 Å². The highest BCUT2D eigenvalue weighted by atomic mass is 19.1. The lowest BCUT2D eigenvalue weighted by Crippen LogP contribution is -2.49. The molecule has 1 amide bonds. The standard InChI is InChI=1S/C16H20FNO3/c1-15(2)12(7-8-16(15,3)14(20)21)13(19)18-11-6-4-5-10(17)9-11/h4-6,9,12H,7-8H2,1-3H3,(H,18,19)(H,20,21)/p-1. The summed E-state index contributed by atoms with van der Waals surface area (Å²) in [5.41, 5.74) is -1.40. The van der Waals surface area contributed by atoms with E-state index in [4.69, 9.17) is 0 Å². The van der Waals surface area contributed by atoms with Crippen molar-refractivity contribution in [1.82, 2.24) is 0 Å². The number of rotatable bonds is 3. The third-order valence-corrected chi connectivity index (χ3v) is 5.09. The van der Waals surface area contributed by atoms with Crippen molar-refractivity contribution in [3.63, 3.8) is 0 Å². The Kier molecular flexibility index (Phi) is 3.78. The highest BCUT2D eigenvalue weighted by Crippen LogP contribution is 2.55. The predicted octanol–water partition coefficient (Wildman–Crippen LogP) is 1.96. The zero-order valence-electron chi connectivity index (χ0n) is 12.4. The summed E-state index contributed by atoms with van der Waals surface area (Å²) in [7, 11) is 0. The summed E-state index contributed by atoms with van der Waals surface area (Å²) >= 11 is 0. The molecule has 1 aromatic carbocycles. The number of aliphatic carboxylic acids is 1. The molecule has 1 aliphatic carbocycles. The molecule has 114 valence electrons. The molecule has 1 saturated carbocycles. The molecule has 2 rings (SSSR count). The van der Waals surface area contributed by atoms with Gasteiger partial charge in [-0.15, -0.1) is 0 Å². The van der Waals surface area contributed by atoms with Crippen LogP contribution in [0.15, 0.2) is 24.3 Å². The number of carboxylic acid groups (broad SMARTS) is 1. The highest BCUT2D eigenvalue weighted by Gasteiger charge is 2.54. The van der Waals surface area contributed by atoms with Crippen molar-refractivity contribution in [2.45, 2.75) is 33.6 Å². The molecule has 0 radical (unpaired) electrons. The van der Waals surface area contributed by atoms with Crippen molar-refractivity contribution >= 4 is 17.6 Å². The molecule has 5 heteroatoms. The fraction of sp³-hybridized carbons (Fsp3) is 0.500. The molecule has 1 aliphatic rings. The van der Waals surface area contributed by atoms with Crippen molar-refractivity contribution in [3.8, 4) is 0 Å². The third-order valence-electron chi connectivity index (χ3n) is 5.09. The van der Waals surface area contributed by atoms with E-state index in [0.717, 1.165) is 0 Å². The Bertz CT molecular complexity index is 585. The number of carbonyl (C=O) groups excluding carboxylic acids is 2. The second-order valence-corrected chi connectivity index (χ2v) is 6.43. The van der Waals surface area contributed by atoms with Crippen LogP contribution in [0.5, 0.6) is 0 Å². The average Bonchev–Trinajstić information content (AvgIpc) is 2.61. The molecule has 0 aromatic heterocycles. The number of nitrogens with one attached hydrogen (secondary N) is 1. The number of carbonyl (C=O) groups is 2. The number of anilines is 1. The molecule has 4 nitrogen and oxygen atoms in total. The van der Waals surface area contributed by atoms with E-state index in [2.05, 4.69) is 5.32 Å². The Labute approximate surface area is 123 Å². The Morgan fingerprint density at radius 3 is 2.52 bits per heavy atom. The van der Waals surface area contributed by atoms with Gasteiger partial charge in [-0.3, -0.25) is 4.79 Å². The molecule has 1 fully saturated rings. The summed E-state index contributed by atoms with van der Waals surface area (Å²) in [4.78, 5) is 23.8. The van der Waals surface area contributed by atoms with Gasteiger partial charge in [0.25, 0.3) is 0 Å². The molecule has 2 atom stereocenters. The van der Waals surface area contributed by atoms with Crippen LogP contribution in [0.1, 0.15) is 33.6 Å². The van der Waals surface area contributed by atoms with Crippen molar-refractivity contribution in [1.29, 1.82) is 0 Å². The zero-order chi connectivity index (χ0) is 15.8. The monoisotopic (exact) mass is 292 g/mol. The molecule has 21 heavy (non-hydrogen) atoms. The number of benzene rings is 1. The maximum absolute atomic E-state index is 13.1. The first kappa shape index (κ1) is 15.5. The van der Waals surface area contributed by atoms with Gasteiger partial charge in [-0.25, -0.2) is 4.39 Å². The first-order chi connectivity index (χ1) is 9.68. The smallest absolute Gasteiger partial charge is 0.228 e. The van der Waals surface area contributed by atoms with Crippen LogP contribution in [0, 0.1) is 22.6 Å². The van der Waals surface area contributed by atoms with Crippen LogP contribution in [0.4, 0.5) is 10.1 Å². The van der Waals surface area contributed by atoms with Crippen LogP contribution in [0.25, 0.3) is 0 Å². The normalized spacial score (nSPS) is 27.3. The molecular weight excluding hydrogens is 273 g/mol. The minimum atomic E-state index is -1.13. The summed E-state index contributed by atoms with van der Waals surface area (Å²) in [6.07, 6.45) is 0.863. The average molecular weight is 292 g/mol. The zero-order valence-corrected chi connectivity index (χ0v) is 12.4. The van der Waals surface area contributed by atoms with Crippen molar-refractivity contribution in [3.05, 3.63) is 30.1 Å². The molecule has 2 unspecified atom stereocenters. The Morgan fingerprint density at radius 1 is 1.33 bits per heavy atom. The second kappa shape index (κ2) is 5.13. The van der Waals surface area contributed by atoms with E-state index in [9.17, 15) is 19.1 Å². The van der Waals surface area contributed by atoms with Crippen molar-refractivity contribution in [2.24, 2.45) is 16.7 Å². The lowest BCUT2D eigenvalue weighted by molar-refractivity contribution is -0.323. The van der Waals surface area contributed by atoms with Crippen molar-refractivity contribution < 1.29 is 19.1 Å². The van der Waals surface area contributed by atoms with Gasteiger partial charge < -0.3 is 15.2 Å². The van der Waals surface area contributed by atoms with Crippen LogP contribution in [0.3, 0.4) is 0 Å². The van der Waals surface area contributed by atoms with E-state index in [1.54, 1.807) is 26.8 Å². The van der Waals surface area contributed by atoms with Gasteiger partial charge in [0.1, 0.15) is 5.82 Å². The maximum Gasteiger partial charge on any atom is 0.228 e. The Balaban J connectivity index is 2.19. The number of hydrogen-bond donors (Lipinski definition) is 1. The van der Waals surface area contributed by atoms with Gasteiger partial charge in [0.2, 0.25) is 5.91 Å². The summed E-state index contributed by atoms with van der Waals surface area (Å²) in [5.74, 6) is -2.30. The first-order valence-electron chi connectivity index (χ1n) is 6.96. The van der Waals surface area contributed by atoms with E-state index >= 15 is 0 Å². The van der Waals surface area contributed by atoms with Gasteiger partial charge in [0, 0.05) is 23.0 Å². The largest absolute Gasteiger partial charge is 0.550 e. The lowest BCUT2D eigenvalue weighted by Gasteiger charge is -2.41. The number of halogens is 1. The molecule has 0 bridgehead atoms. The minimum Gasteiger partial charge on any atom is -0.550 e. The fourth-order valence-corrected chi connectivity index (χ4v) is 3.12. The molecular formula is C16H19FNO3-. The van der Waals surface area contributed by atoms with Gasteiger partial charge in [0.05, 0.1) is 0 Å². The number of amides is 1. The molecule has 0 spiro atoms. The van der Waals surface area contributed by atoms with Gasteiger partial charge in [0.15, 0.2) is 0 Å². The van der Waals surface area contributed by atoms with E-state index in [-0.39, 0.29) is 5.91 Å². The van der Waals surface area contributed by atoms with E-state index in [0.29, 0.717) is 18.5 Å². The highest BCUT2D eigenvalue weighted by molar-refractivity contribution is 5.94. The number of carboxylic acids is 1. The van der Waals surface area contributed by atoms with Crippen LogP contribution < -0.4 is 10.4 Å². The summed E-state index contributed by atoms with van der Waals surface area (Å²) in [6.45, 7) is 5.16. The summed E-state index contributed by atoms with van der Waals surface area (Å²) < 4.78 is 13.1. The third kappa shape index (κ3) is 2.52. The van der Waals surface area contributed by atoms with E-state index in [1.165, 1.54) is 18.2 Å².